The topological polar surface area (TPSA) is 98.7 Å². The van der Waals surface area contributed by atoms with Crippen molar-refractivity contribution in [2.75, 3.05) is 43.1 Å². The second kappa shape index (κ2) is 7.39. The van der Waals surface area contributed by atoms with Crippen LogP contribution in [0.2, 0.25) is 0 Å². The van der Waals surface area contributed by atoms with Crippen molar-refractivity contribution in [3.63, 3.8) is 0 Å². The van der Waals surface area contributed by atoms with Gasteiger partial charge >= 0.3 is 0 Å². The van der Waals surface area contributed by atoms with Gasteiger partial charge in [-0.1, -0.05) is 11.3 Å². The summed E-state index contributed by atoms with van der Waals surface area (Å²) in [7, 11) is 0. The second-order valence-corrected chi connectivity index (χ2v) is 10.1. The molecule has 0 spiro atoms. The number of rotatable bonds is 8. The van der Waals surface area contributed by atoms with Gasteiger partial charge in [0.15, 0.2) is 10.9 Å². The first kappa shape index (κ1) is 19.4. The Balaban J connectivity index is 1.01. The molecule has 0 radical (unpaired) electrons. The number of nitrogens with zero attached hydrogens (tertiary/aromatic N) is 4. The predicted molar refractivity (Wildman–Crippen MR) is 114 cm³/mol. The summed E-state index contributed by atoms with van der Waals surface area (Å²) < 4.78 is 17.2. The molecule has 0 atom stereocenters. The third-order valence-electron chi connectivity index (χ3n) is 6.62. The van der Waals surface area contributed by atoms with Crippen LogP contribution in [0.1, 0.15) is 32.1 Å². The van der Waals surface area contributed by atoms with Gasteiger partial charge in [0, 0.05) is 13.1 Å². The summed E-state index contributed by atoms with van der Waals surface area (Å²) in [6.07, 6.45) is 10.00. The molecule has 5 fully saturated rings. The first-order chi connectivity index (χ1) is 15.1. The van der Waals surface area contributed by atoms with Crippen molar-refractivity contribution in [1.29, 1.82) is 0 Å². The summed E-state index contributed by atoms with van der Waals surface area (Å²) in [6, 6.07) is 0. The largest absolute Gasteiger partial charge is 0.442 e. The minimum atomic E-state index is -0.264. The Kier molecular flexibility index (Phi) is 4.62. The highest BCUT2D eigenvalue weighted by Crippen LogP contribution is 2.69. The average Bonchev–Trinajstić information content (AvgIpc) is 3.46. The number of carbonyl (C=O) groups is 1. The lowest BCUT2D eigenvalue weighted by molar-refractivity contribution is -0.273. The van der Waals surface area contributed by atoms with Gasteiger partial charge in [0.1, 0.15) is 0 Å². The lowest BCUT2D eigenvalue weighted by Crippen LogP contribution is -2.72. The number of carbonyl (C=O) groups excluding carboxylic acids is 1. The van der Waals surface area contributed by atoms with Crippen molar-refractivity contribution < 1.29 is 19.0 Å². The summed E-state index contributed by atoms with van der Waals surface area (Å²) in [5.41, 5.74) is -0.288. The van der Waals surface area contributed by atoms with Gasteiger partial charge in [-0.2, -0.15) is 0 Å². The number of ether oxygens (including phenoxy) is 3. The fraction of sp³-hybridized carbons (Fsp3) is 0.619. The van der Waals surface area contributed by atoms with Gasteiger partial charge in [-0.05, 0) is 38.0 Å². The van der Waals surface area contributed by atoms with E-state index in [1.54, 1.807) is 18.6 Å². The summed E-state index contributed by atoms with van der Waals surface area (Å²) in [5, 5.41) is 4.09. The lowest BCUT2D eigenvalue weighted by atomic mass is 9.40. The smallest absolute Gasteiger partial charge is 0.232 e. The number of morpholine rings is 1. The monoisotopic (exact) mass is 443 g/mol. The van der Waals surface area contributed by atoms with Crippen LogP contribution >= 0.6 is 11.3 Å². The van der Waals surface area contributed by atoms with Gasteiger partial charge in [0.05, 0.1) is 49.4 Å². The number of thiazole rings is 1. The molecule has 164 valence electrons. The van der Waals surface area contributed by atoms with Crippen LogP contribution in [0, 0.1) is 11.3 Å². The molecule has 4 saturated carbocycles. The van der Waals surface area contributed by atoms with E-state index in [0.717, 1.165) is 44.9 Å². The third kappa shape index (κ3) is 3.77. The van der Waals surface area contributed by atoms with E-state index in [0.29, 0.717) is 35.1 Å². The second-order valence-electron chi connectivity index (χ2n) is 9.11. The number of hydrogen-bond donors (Lipinski definition) is 1. The van der Waals surface area contributed by atoms with Crippen LogP contribution in [0.3, 0.4) is 0 Å². The lowest BCUT2D eigenvalue weighted by Gasteiger charge is -2.68. The molecule has 9 nitrogen and oxygen atoms in total. The normalized spacial score (nSPS) is 29.1. The van der Waals surface area contributed by atoms with Crippen LogP contribution in [-0.4, -0.2) is 59.4 Å². The Hall–Kier alpha value is -2.30. The zero-order chi connectivity index (χ0) is 20.9. The van der Waals surface area contributed by atoms with E-state index in [4.69, 9.17) is 14.2 Å². The van der Waals surface area contributed by atoms with Gasteiger partial charge < -0.3 is 24.4 Å². The quantitative estimate of drug-likeness (QED) is 0.665. The van der Waals surface area contributed by atoms with E-state index in [1.165, 1.54) is 24.2 Å². The summed E-state index contributed by atoms with van der Waals surface area (Å²) in [5.74, 6) is 2.01. The fourth-order valence-electron chi connectivity index (χ4n) is 4.67. The van der Waals surface area contributed by atoms with Crippen molar-refractivity contribution in [3.8, 4) is 10.8 Å². The Labute approximate surface area is 184 Å². The standard InChI is InChI=1S/C21H25N5O4S/c27-17(20-11-21(12-20,13-20)29-10-14-1-2-14)25-19-24-9-16(31-19)30-15-7-22-18(23-8-15)26-3-5-28-6-4-26/h7-9,14H,1-6,10-13H2,(H,24,25,27). The highest BCUT2D eigenvalue weighted by molar-refractivity contribution is 7.17. The van der Waals surface area contributed by atoms with Gasteiger partial charge in [0.2, 0.25) is 16.9 Å². The third-order valence-corrected chi connectivity index (χ3v) is 7.41. The molecule has 2 bridgehead atoms. The molecule has 10 heteroatoms. The first-order valence-electron chi connectivity index (χ1n) is 10.9. The Bertz CT molecular complexity index is 951. The van der Waals surface area contributed by atoms with Crippen molar-refractivity contribution in [1.82, 2.24) is 15.0 Å². The molecule has 2 aromatic rings. The van der Waals surface area contributed by atoms with E-state index in [-0.39, 0.29) is 16.9 Å². The van der Waals surface area contributed by atoms with Crippen LogP contribution in [0.15, 0.2) is 18.6 Å². The Morgan fingerprint density at radius 2 is 1.90 bits per heavy atom. The minimum absolute atomic E-state index is 0.0233. The van der Waals surface area contributed by atoms with Gasteiger partial charge in [0.25, 0.3) is 0 Å². The molecule has 1 aliphatic heterocycles. The molecular formula is C21H25N5O4S. The summed E-state index contributed by atoms with van der Waals surface area (Å²) >= 11 is 1.30. The van der Waals surface area contributed by atoms with E-state index < -0.39 is 0 Å². The number of anilines is 2. The van der Waals surface area contributed by atoms with Gasteiger partial charge in [-0.3, -0.25) is 4.79 Å². The summed E-state index contributed by atoms with van der Waals surface area (Å²) in [6.45, 7) is 3.81. The van der Waals surface area contributed by atoms with E-state index in [9.17, 15) is 4.79 Å². The van der Waals surface area contributed by atoms with Crippen LogP contribution in [0.5, 0.6) is 10.8 Å². The van der Waals surface area contributed by atoms with Crippen LogP contribution in [0.4, 0.5) is 11.1 Å². The number of aromatic nitrogens is 3. The molecule has 2 aromatic heterocycles. The molecule has 5 aliphatic rings. The zero-order valence-corrected chi connectivity index (χ0v) is 18.0. The number of amides is 1. The molecule has 0 unspecified atom stereocenters. The van der Waals surface area contributed by atoms with Crippen molar-refractivity contribution in [3.05, 3.63) is 18.6 Å². The van der Waals surface area contributed by atoms with Crippen LogP contribution in [-0.2, 0) is 14.3 Å². The predicted octanol–water partition coefficient (Wildman–Crippen LogP) is 2.85. The molecule has 31 heavy (non-hydrogen) atoms. The van der Waals surface area contributed by atoms with E-state index in [2.05, 4.69) is 25.2 Å². The SMILES string of the molecule is O=C(Nc1ncc(Oc2cnc(N3CCOCC3)nc2)s1)C12CC(OCC3CC3)(C1)C2. The van der Waals surface area contributed by atoms with Crippen LogP contribution < -0.4 is 15.0 Å². The molecule has 1 amide bonds. The summed E-state index contributed by atoms with van der Waals surface area (Å²) in [4.78, 5) is 27.9. The van der Waals surface area contributed by atoms with Crippen molar-refractivity contribution in [2.45, 2.75) is 37.7 Å². The molecular weight excluding hydrogens is 418 g/mol. The first-order valence-corrected chi connectivity index (χ1v) is 11.7. The highest BCUT2D eigenvalue weighted by atomic mass is 32.1. The maximum Gasteiger partial charge on any atom is 0.232 e. The molecule has 7 rings (SSSR count). The Morgan fingerprint density at radius 3 is 2.61 bits per heavy atom. The van der Waals surface area contributed by atoms with Gasteiger partial charge in [-0.25, -0.2) is 15.0 Å². The minimum Gasteiger partial charge on any atom is -0.442 e. The van der Waals surface area contributed by atoms with Gasteiger partial charge in [-0.15, -0.1) is 0 Å². The number of hydrogen-bond acceptors (Lipinski definition) is 9. The maximum absolute atomic E-state index is 12.7. The molecule has 3 heterocycles. The van der Waals surface area contributed by atoms with E-state index in [1.807, 2.05) is 0 Å². The number of nitrogens with one attached hydrogen (secondary N) is 1. The molecule has 0 aromatic carbocycles. The average molecular weight is 444 g/mol. The highest BCUT2D eigenvalue weighted by Gasteiger charge is 2.72. The zero-order valence-electron chi connectivity index (χ0n) is 17.2. The fourth-order valence-corrected chi connectivity index (χ4v) is 5.35. The van der Waals surface area contributed by atoms with Crippen molar-refractivity contribution in [2.24, 2.45) is 11.3 Å². The van der Waals surface area contributed by atoms with Crippen LogP contribution in [0.25, 0.3) is 0 Å². The van der Waals surface area contributed by atoms with Crippen molar-refractivity contribution >= 4 is 28.3 Å². The van der Waals surface area contributed by atoms with E-state index >= 15 is 0 Å². The Morgan fingerprint density at radius 1 is 1.16 bits per heavy atom. The molecule has 4 aliphatic carbocycles. The maximum atomic E-state index is 12.7. The molecule has 1 N–H and O–H groups in total. The molecule has 1 saturated heterocycles.